The fourth-order valence-corrected chi connectivity index (χ4v) is 3.63. The van der Waals surface area contributed by atoms with Crippen molar-refractivity contribution in [2.75, 3.05) is 4.72 Å². The van der Waals surface area contributed by atoms with Gasteiger partial charge in [0.15, 0.2) is 16.6 Å². The van der Waals surface area contributed by atoms with Gasteiger partial charge in [0.2, 0.25) is 0 Å². The van der Waals surface area contributed by atoms with Gasteiger partial charge >= 0.3 is 5.51 Å². The molecule has 2 rings (SSSR count). The summed E-state index contributed by atoms with van der Waals surface area (Å²) < 4.78 is 75.1. The molecular weight excluding hydrogens is 379 g/mol. The maximum Gasteiger partial charge on any atom is 0.475 e. The highest BCUT2D eigenvalue weighted by Crippen LogP contribution is 2.27. The minimum atomic E-state index is -4.89. The van der Waals surface area contributed by atoms with Gasteiger partial charge in [0.1, 0.15) is 0 Å². The zero-order chi connectivity index (χ0) is 18.8. The molecule has 0 bridgehead atoms. The molecule has 0 saturated carbocycles. The van der Waals surface area contributed by atoms with E-state index in [9.17, 15) is 30.6 Å². The van der Waals surface area contributed by atoms with Crippen LogP contribution in [0.25, 0.3) is 0 Å². The second kappa shape index (κ2) is 6.96. The molecule has 134 valence electrons. The average molecular weight is 391 g/mol. The summed E-state index contributed by atoms with van der Waals surface area (Å²) in [4.78, 5) is 10.7. The van der Waals surface area contributed by atoms with Gasteiger partial charge in [0, 0.05) is 16.1 Å². The van der Waals surface area contributed by atoms with Gasteiger partial charge < -0.3 is 0 Å². The van der Waals surface area contributed by atoms with Crippen molar-refractivity contribution in [3.63, 3.8) is 0 Å². The molecule has 0 saturated heterocycles. The van der Waals surface area contributed by atoms with Crippen molar-refractivity contribution in [2.45, 2.75) is 22.2 Å². The predicted octanol–water partition coefficient (Wildman–Crippen LogP) is 3.32. The Morgan fingerprint density at radius 1 is 1.08 bits per heavy atom. The fraction of sp³-hybridized carbons (Fsp3) is 0.133. The number of hydrogen-bond acceptors (Lipinski definition) is 4. The number of hydrogen-bond donors (Lipinski definition) is 1. The number of nitrogens with one attached hydrogen (secondary N) is 1. The number of carbonyl (C=O) groups is 1. The van der Waals surface area contributed by atoms with Crippen LogP contribution in [0.5, 0.6) is 0 Å². The van der Waals surface area contributed by atoms with Crippen LogP contribution in [0, 0.1) is 0 Å². The van der Waals surface area contributed by atoms with Crippen LogP contribution in [-0.2, 0) is 20.8 Å². The molecular formula is C15H12F3NO4S2. The van der Waals surface area contributed by atoms with Crippen molar-refractivity contribution in [1.82, 2.24) is 0 Å². The average Bonchev–Trinajstić information content (AvgIpc) is 2.54. The highest BCUT2D eigenvalue weighted by Gasteiger charge is 2.37. The van der Waals surface area contributed by atoms with E-state index in [4.69, 9.17) is 0 Å². The van der Waals surface area contributed by atoms with Crippen LogP contribution in [0.2, 0.25) is 0 Å². The summed E-state index contributed by atoms with van der Waals surface area (Å²) in [5.74, 6) is -0.309. The summed E-state index contributed by atoms with van der Waals surface area (Å²) in [7, 11) is -7.22. The Bertz CT molecular complexity index is 923. The molecule has 2 aromatic rings. The van der Waals surface area contributed by atoms with Crippen molar-refractivity contribution in [2.24, 2.45) is 0 Å². The lowest BCUT2D eigenvalue weighted by atomic mass is 10.2. The summed E-state index contributed by atoms with van der Waals surface area (Å²) in [5, 5.41) is 0. The van der Waals surface area contributed by atoms with E-state index in [1.807, 2.05) is 0 Å². The molecule has 0 aliphatic carbocycles. The van der Waals surface area contributed by atoms with Crippen molar-refractivity contribution in [1.29, 1.82) is 0 Å². The van der Waals surface area contributed by atoms with Gasteiger partial charge in [0.05, 0.1) is 4.90 Å². The zero-order valence-corrected chi connectivity index (χ0v) is 14.3. The Morgan fingerprint density at radius 2 is 1.68 bits per heavy atom. The normalized spacial score (nSPS) is 13.3. The SMILES string of the molecule is CC(=O)c1cccc(S(=O)(=O)Nc2ccc(S(=O)C(F)(F)F)cc2)c1. The van der Waals surface area contributed by atoms with Crippen LogP contribution in [0.1, 0.15) is 17.3 Å². The van der Waals surface area contributed by atoms with E-state index in [1.165, 1.54) is 31.2 Å². The lowest BCUT2D eigenvalue weighted by Crippen LogP contribution is -2.16. The van der Waals surface area contributed by atoms with E-state index < -0.39 is 31.2 Å². The molecule has 0 amide bonds. The first kappa shape index (κ1) is 19.1. The molecule has 0 spiro atoms. The molecule has 0 aliphatic rings. The van der Waals surface area contributed by atoms with Gasteiger partial charge in [-0.2, -0.15) is 13.2 Å². The third-order valence-electron chi connectivity index (χ3n) is 3.08. The molecule has 1 atom stereocenters. The number of sulfonamides is 1. The van der Waals surface area contributed by atoms with E-state index in [2.05, 4.69) is 4.72 Å². The van der Waals surface area contributed by atoms with Gasteiger partial charge in [-0.05, 0) is 43.3 Å². The van der Waals surface area contributed by atoms with Gasteiger partial charge in [-0.15, -0.1) is 0 Å². The van der Waals surface area contributed by atoms with Crippen LogP contribution >= 0.6 is 0 Å². The smallest absolute Gasteiger partial charge is 0.295 e. The number of halogens is 3. The molecule has 10 heteroatoms. The molecule has 0 fully saturated rings. The lowest BCUT2D eigenvalue weighted by molar-refractivity contribution is -0.0384. The predicted molar refractivity (Wildman–Crippen MR) is 86.2 cm³/mol. The third-order valence-corrected chi connectivity index (χ3v) is 5.58. The quantitative estimate of drug-likeness (QED) is 0.793. The summed E-state index contributed by atoms with van der Waals surface area (Å²) in [6.45, 7) is 1.29. The molecule has 1 unspecified atom stereocenters. The van der Waals surface area contributed by atoms with Gasteiger partial charge in [0.25, 0.3) is 10.0 Å². The number of rotatable bonds is 5. The van der Waals surface area contributed by atoms with E-state index >= 15 is 0 Å². The summed E-state index contributed by atoms with van der Waals surface area (Å²) in [6.07, 6.45) is 0. The van der Waals surface area contributed by atoms with Crippen LogP contribution in [0.4, 0.5) is 18.9 Å². The summed E-state index contributed by atoms with van der Waals surface area (Å²) in [6, 6.07) is 9.33. The first-order valence-corrected chi connectivity index (χ1v) is 9.36. The number of carbonyl (C=O) groups excluding carboxylic acids is 1. The number of anilines is 1. The Labute approximate surface area is 144 Å². The molecule has 0 aliphatic heterocycles. The Kier molecular flexibility index (Phi) is 5.33. The number of alkyl halides is 3. The number of Topliss-reactive ketones (excluding diaryl/α,β-unsaturated/α-hetero) is 1. The van der Waals surface area contributed by atoms with Crippen molar-refractivity contribution in [3.05, 3.63) is 54.1 Å². The maximum atomic E-state index is 12.4. The standard InChI is InChI=1S/C15H12F3NO4S2/c1-10(20)11-3-2-4-14(9-11)25(22,23)19-12-5-7-13(8-6-12)24(21)15(16,17)18/h2-9,19H,1H3. The minimum Gasteiger partial charge on any atom is -0.295 e. The molecule has 0 heterocycles. The Morgan fingerprint density at radius 3 is 2.20 bits per heavy atom. The summed E-state index contributed by atoms with van der Waals surface area (Å²) >= 11 is 0. The molecule has 0 radical (unpaired) electrons. The number of benzene rings is 2. The van der Waals surface area contributed by atoms with Gasteiger partial charge in [-0.3, -0.25) is 9.52 Å². The van der Waals surface area contributed by atoms with E-state index in [1.54, 1.807) is 0 Å². The van der Waals surface area contributed by atoms with Crippen LogP contribution in [0.15, 0.2) is 58.3 Å². The number of ketones is 1. The maximum absolute atomic E-state index is 12.4. The molecule has 25 heavy (non-hydrogen) atoms. The van der Waals surface area contributed by atoms with Crippen molar-refractivity contribution >= 4 is 32.3 Å². The van der Waals surface area contributed by atoms with E-state index in [-0.39, 0.29) is 21.9 Å². The van der Waals surface area contributed by atoms with Crippen molar-refractivity contribution in [3.8, 4) is 0 Å². The largest absolute Gasteiger partial charge is 0.475 e. The van der Waals surface area contributed by atoms with Gasteiger partial charge in [-0.1, -0.05) is 12.1 Å². The molecule has 2 aromatic carbocycles. The fourth-order valence-electron chi connectivity index (χ4n) is 1.88. The van der Waals surface area contributed by atoms with E-state index in [0.29, 0.717) is 0 Å². The minimum absolute atomic E-state index is 0.00356. The van der Waals surface area contributed by atoms with E-state index in [0.717, 1.165) is 24.3 Å². The first-order chi connectivity index (χ1) is 11.5. The zero-order valence-electron chi connectivity index (χ0n) is 12.7. The summed E-state index contributed by atoms with van der Waals surface area (Å²) in [5.41, 5.74) is -4.69. The van der Waals surface area contributed by atoms with Crippen LogP contribution < -0.4 is 4.72 Å². The monoisotopic (exact) mass is 391 g/mol. The second-order valence-corrected chi connectivity index (χ2v) is 8.08. The Hall–Kier alpha value is -2.20. The molecule has 0 aromatic heterocycles. The highest BCUT2D eigenvalue weighted by atomic mass is 32.2. The van der Waals surface area contributed by atoms with Crippen LogP contribution in [-0.4, -0.2) is 23.9 Å². The first-order valence-electron chi connectivity index (χ1n) is 6.73. The lowest BCUT2D eigenvalue weighted by Gasteiger charge is -2.10. The highest BCUT2D eigenvalue weighted by molar-refractivity contribution is 7.92. The van der Waals surface area contributed by atoms with Crippen LogP contribution in [0.3, 0.4) is 0 Å². The third kappa shape index (κ3) is 4.67. The second-order valence-electron chi connectivity index (χ2n) is 4.93. The molecule has 5 nitrogen and oxygen atoms in total. The van der Waals surface area contributed by atoms with Gasteiger partial charge in [-0.25, -0.2) is 12.6 Å². The van der Waals surface area contributed by atoms with Crippen molar-refractivity contribution < 1.29 is 30.6 Å². The molecule has 1 N–H and O–H groups in total. The Balaban J connectivity index is 2.25. The topological polar surface area (TPSA) is 80.3 Å².